The summed E-state index contributed by atoms with van der Waals surface area (Å²) in [6, 6.07) is 6.18. The molecule has 1 saturated heterocycles. The van der Waals surface area contributed by atoms with Gasteiger partial charge in [0, 0.05) is 25.6 Å². The van der Waals surface area contributed by atoms with Crippen LogP contribution in [0.3, 0.4) is 0 Å². The standard InChI is InChI=1S/C16H22N2O6S/c1-24-13-2-4-14(5-3-13)25(22,23)18-10-7-12(8-11-18)16(21)17-9-6-15(19)20/h2-5,12H,6-11H2,1H3,(H,17,21)(H,19,20). The number of carboxylic acids is 1. The summed E-state index contributed by atoms with van der Waals surface area (Å²) >= 11 is 0. The van der Waals surface area contributed by atoms with Crippen molar-refractivity contribution in [2.75, 3.05) is 26.7 Å². The van der Waals surface area contributed by atoms with Crippen LogP contribution < -0.4 is 10.1 Å². The van der Waals surface area contributed by atoms with E-state index in [1.807, 2.05) is 0 Å². The lowest BCUT2D eigenvalue weighted by Crippen LogP contribution is -2.43. The molecule has 2 N–H and O–H groups in total. The van der Waals surface area contributed by atoms with Crippen LogP contribution in [0.1, 0.15) is 19.3 Å². The topological polar surface area (TPSA) is 113 Å². The van der Waals surface area contributed by atoms with Crippen LogP contribution in [-0.4, -0.2) is 56.5 Å². The number of rotatable bonds is 7. The third-order valence-electron chi connectivity index (χ3n) is 4.16. The summed E-state index contributed by atoms with van der Waals surface area (Å²) in [6.45, 7) is 0.593. The van der Waals surface area contributed by atoms with Crippen molar-refractivity contribution in [3.63, 3.8) is 0 Å². The van der Waals surface area contributed by atoms with Crippen LogP contribution in [0.15, 0.2) is 29.2 Å². The first-order valence-corrected chi connectivity index (χ1v) is 9.42. The van der Waals surface area contributed by atoms with E-state index in [4.69, 9.17) is 9.84 Å². The second-order valence-electron chi connectivity index (χ2n) is 5.79. The van der Waals surface area contributed by atoms with Gasteiger partial charge in [0.15, 0.2) is 0 Å². The summed E-state index contributed by atoms with van der Waals surface area (Å²) in [7, 11) is -2.09. The van der Waals surface area contributed by atoms with Gasteiger partial charge >= 0.3 is 5.97 Å². The maximum absolute atomic E-state index is 12.6. The lowest BCUT2D eigenvalue weighted by Gasteiger charge is -2.30. The average Bonchev–Trinajstić information content (AvgIpc) is 2.61. The van der Waals surface area contributed by atoms with Crippen LogP contribution in [0.2, 0.25) is 0 Å². The molecule has 0 saturated carbocycles. The molecule has 1 heterocycles. The molecule has 0 aromatic heterocycles. The van der Waals surface area contributed by atoms with Crippen molar-refractivity contribution in [3.8, 4) is 5.75 Å². The molecule has 1 aromatic rings. The van der Waals surface area contributed by atoms with Crippen molar-refractivity contribution in [1.82, 2.24) is 9.62 Å². The van der Waals surface area contributed by atoms with Crippen LogP contribution in [0, 0.1) is 5.92 Å². The molecule has 1 fully saturated rings. The van der Waals surface area contributed by atoms with Gasteiger partial charge in [0.05, 0.1) is 18.4 Å². The van der Waals surface area contributed by atoms with Gasteiger partial charge in [0.2, 0.25) is 15.9 Å². The highest BCUT2D eigenvalue weighted by atomic mass is 32.2. The second-order valence-corrected chi connectivity index (χ2v) is 7.73. The van der Waals surface area contributed by atoms with Crippen molar-refractivity contribution >= 4 is 21.9 Å². The molecule has 0 bridgehead atoms. The lowest BCUT2D eigenvalue weighted by atomic mass is 9.97. The molecule has 0 atom stereocenters. The maximum atomic E-state index is 12.6. The Labute approximate surface area is 146 Å². The number of carbonyl (C=O) groups excluding carboxylic acids is 1. The minimum Gasteiger partial charge on any atom is -0.497 e. The molecule has 1 aliphatic heterocycles. The molecule has 1 aromatic carbocycles. The number of hydrogen-bond donors (Lipinski definition) is 2. The molecule has 9 heteroatoms. The second kappa shape index (κ2) is 8.30. The molecule has 0 aliphatic carbocycles. The first kappa shape index (κ1) is 19.2. The Kier molecular flexibility index (Phi) is 6.38. The van der Waals surface area contributed by atoms with E-state index in [2.05, 4.69) is 5.32 Å². The van der Waals surface area contributed by atoms with E-state index in [9.17, 15) is 18.0 Å². The predicted octanol–water partition coefficient (Wildman–Crippen LogP) is 0.687. The highest BCUT2D eigenvalue weighted by Gasteiger charge is 2.32. The van der Waals surface area contributed by atoms with Crippen molar-refractivity contribution in [2.45, 2.75) is 24.2 Å². The molecule has 138 valence electrons. The van der Waals surface area contributed by atoms with E-state index in [0.717, 1.165) is 0 Å². The van der Waals surface area contributed by atoms with Crippen molar-refractivity contribution < 1.29 is 27.9 Å². The Hall–Kier alpha value is -2.13. The van der Waals surface area contributed by atoms with Crippen LogP contribution in [-0.2, 0) is 19.6 Å². The number of carbonyl (C=O) groups is 2. The van der Waals surface area contributed by atoms with Crippen LogP contribution in [0.5, 0.6) is 5.75 Å². The van der Waals surface area contributed by atoms with Gasteiger partial charge in [-0.25, -0.2) is 8.42 Å². The highest BCUT2D eigenvalue weighted by molar-refractivity contribution is 7.89. The number of methoxy groups -OCH3 is 1. The number of carboxylic acid groups (broad SMARTS) is 1. The summed E-state index contributed by atoms with van der Waals surface area (Å²) in [5.74, 6) is -0.907. The van der Waals surface area contributed by atoms with Gasteiger partial charge in [0.25, 0.3) is 0 Å². The number of hydrogen-bond acceptors (Lipinski definition) is 5. The van der Waals surface area contributed by atoms with E-state index in [1.165, 1.54) is 23.5 Å². The number of amides is 1. The van der Waals surface area contributed by atoms with Crippen LogP contribution in [0.4, 0.5) is 0 Å². The molecule has 2 rings (SSSR count). The lowest BCUT2D eigenvalue weighted by molar-refractivity contribution is -0.137. The molecule has 8 nitrogen and oxygen atoms in total. The fraction of sp³-hybridized carbons (Fsp3) is 0.500. The van der Waals surface area contributed by atoms with Crippen molar-refractivity contribution in [3.05, 3.63) is 24.3 Å². The number of nitrogens with zero attached hydrogens (tertiary/aromatic N) is 1. The van der Waals surface area contributed by atoms with E-state index < -0.39 is 16.0 Å². The number of benzene rings is 1. The van der Waals surface area contributed by atoms with Gasteiger partial charge in [-0.1, -0.05) is 0 Å². The predicted molar refractivity (Wildman–Crippen MR) is 89.7 cm³/mol. The van der Waals surface area contributed by atoms with Crippen LogP contribution >= 0.6 is 0 Å². The van der Waals surface area contributed by atoms with Gasteiger partial charge in [-0.2, -0.15) is 4.31 Å². The Balaban J connectivity index is 1.91. The summed E-state index contributed by atoms with van der Waals surface area (Å²) < 4.78 is 31.7. The first-order chi connectivity index (χ1) is 11.8. The quantitative estimate of drug-likeness (QED) is 0.730. The van der Waals surface area contributed by atoms with Gasteiger partial charge < -0.3 is 15.2 Å². The fourth-order valence-electron chi connectivity index (χ4n) is 2.69. The molecule has 0 unspecified atom stereocenters. The molecular weight excluding hydrogens is 348 g/mol. The Morgan fingerprint density at radius 1 is 1.24 bits per heavy atom. The van der Waals surface area contributed by atoms with Crippen LogP contribution in [0.25, 0.3) is 0 Å². The number of sulfonamides is 1. The minimum absolute atomic E-state index is 0.0819. The first-order valence-electron chi connectivity index (χ1n) is 7.98. The molecule has 0 spiro atoms. The fourth-order valence-corrected chi connectivity index (χ4v) is 4.16. The molecule has 1 amide bonds. The maximum Gasteiger partial charge on any atom is 0.305 e. The summed E-state index contributed by atoms with van der Waals surface area (Å²) in [5.41, 5.74) is 0. The third kappa shape index (κ3) is 4.93. The number of piperidine rings is 1. The Morgan fingerprint density at radius 2 is 1.84 bits per heavy atom. The zero-order valence-corrected chi connectivity index (χ0v) is 14.8. The summed E-state index contributed by atoms with van der Waals surface area (Å²) in [6.07, 6.45) is 0.693. The third-order valence-corrected chi connectivity index (χ3v) is 6.07. The van der Waals surface area contributed by atoms with Gasteiger partial charge in [-0.05, 0) is 37.1 Å². The van der Waals surface area contributed by atoms with Gasteiger partial charge in [0.1, 0.15) is 5.75 Å². The number of ether oxygens (including phenoxy) is 1. The monoisotopic (exact) mass is 370 g/mol. The number of aliphatic carboxylic acids is 1. The zero-order valence-electron chi connectivity index (χ0n) is 14.0. The SMILES string of the molecule is COc1ccc(S(=O)(=O)N2CCC(C(=O)NCCC(=O)O)CC2)cc1. The van der Waals surface area contributed by atoms with Crippen molar-refractivity contribution in [2.24, 2.45) is 5.92 Å². The van der Waals surface area contributed by atoms with Gasteiger partial charge in [-0.3, -0.25) is 9.59 Å². The van der Waals surface area contributed by atoms with Crippen molar-refractivity contribution in [1.29, 1.82) is 0 Å². The zero-order chi connectivity index (χ0) is 18.4. The molecule has 1 aliphatic rings. The normalized spacial score (nSPS) is 16.4. The van der Waals surface area contributed by atoms with E-state index in [-0.39, 0.29) is 42.8 Å². The average molecular weight is 370 g/mol. The molecular formula is C16H22N2O6S. The number of nitrogens with one attached hydrogen (secondary N) is 1. The van der Waals surface area contributed by atoms with E-state index in [1.54, 1.807) is 12.1 Å². The summed E-state index contributed by atoms with van der Waals surface area (Å²) in [5, 5.41) is 11.1. The smallest absolute Gasteiger partial charge is 0.305 e. The Morgan fingerprint density at radius 3 is 2.36 bits per heavy atom. The molecule has 25 heavy (non-hydrogen) atoms. The van der Waals surface area contributed by atoms with E-state index in [0.29, 0.717) is 18.6 Å². The largest absolute Gasteiger partial charge is 0.497 e. The Bertz CT molecular complexity index is 709. The minimum atomic E-state index is -3.60. The van der Waals surface area contributed by atoms with E-state index >= 15 is 0 Å². The highest BCUT2D eigenvalue weighted by Crippen LogP contribution is 2.25. The molecule has 0 radical (unpaired) electrons. The summed E-state index contributed by atoms with van der Waals surface area (Å²) in [4.78, 5) is 22.6. The van der Waals surface area contributed by atoms with Gasteiger partial charge in [-0.15, -0.1) is 0 Å².